The van der Waals surface area contributed by atoms with Gasteiger partial charge in [-0.1, -0.05) is 29.8 Å². The average Bonchev–Trinajstić information content (AvgIpc) is 3.50. The molecule has 5 rings (SSSR count). The van der Waals surface area contributed by atoms with Crippen LogP contribution >= 0.6 is 11.3 Å². The standard InChI is InChI=1S/C23H26N4O2S/c1-14-4-8-16(9-5-14)18-13-30-20-19(18)25-23(26-22(20)29)27-10-2-3-17(12-27)21(28)24-11-15-6-7-15/h4-5,8-9,13,15,17H,2-3,6-7,10-12H2,1H3,(H,24,28)(H,25,26,29)/t17-/m0/s1. The van der Waals surface area contributed by atoms with E-state index < -0.39 is 0 Å². The van der Waals surface area contributed by atoms with Crippen molar-refractivity contribution >= 4 is 33.4 Å². The van der Waals surface area contributed by atoms with E-state index in [4.69, 9.17) is 4.98 Å². The van der Waals surface area contributed by atoms with E-state index in [9.17, 15) is 9.59 Å². The van der Waals surface area contributed by atoms with E-state index >= 15 is 0 Å². The third-order valence-electron chi connectivity index (χ3n) is 6.13. The molecule has 2 N–H and O–H groups in total. The highest BCUT2D eigenvalue weighted by Gasteiger charge is 2.29. The molecule has 1 saturated heterocycles. The first-order chi connectivity index (χ1) is 14.6. The monoisotopic (exact) mass is 422 g/mol. The number of nitrogens with one attached hydrogen (secondary N) is 2. The van der Waals surface area contributed by atoms with E-state index in [1.54, 1.807) is 0 Å². The molecule has 0 spiro atoms. The summed E-state index contributed by atoms with van der Waals surface area (Å²) >= 11 is 1.43. The molecule has 6 nitrogen and oxygen atoms in total. The maximum atomic E-state index is 12.7. The van der Waals surface area contributed by atoms with Gasteiger partial charge >= 0.3 is 0 Å². The van der Waals surface area contributed by atoms with Crippen LogP contribution in [0.2, 0.25) is 0 Å². The highest BCUT2D eigenvalue weighted by molar-refractivity contribution is 7.17. The first kappa shape index (κ1) is 19.3. The third kappa shape index (κ3) is 3.86. The fourth-order valence-electron chi connectivity index (χ4n) is 4.10. The van der Waals surface area contributed by atoms with Crippen LogP contribution in [0.3, 0.4) is 0 Å². The van der Waals surface area contributed by atoms with Crippen molar-refractivity contribution in [3.63, 3.8) is 0 Å². The number of fused-ring (bicyclic) bond motifs is 1. The van der Waals surface area contributed by atoms with Gasteiger partial charge in [0.25, 0.3) is 5.56 Å². The van der Waals surface area contributed by atoms with Gasteiger partial charge in [0, 0.05) is 30.6 Å². The Hall–Kier alpha value is -2.67. The molecule has 30 heavy (non-hydrogen) atoms. The summed E-state index contributed by atoms with van der Waals surface area (Å²) in [5, 5.41) is 5.11. The van der Waals surface area contributed by atoms with Crippen LogP contribution < -0.4 is 15.8 Å². The Kier molecular flexibility index (Phi) is 5.06. The molecule has 1 saturated carbocycles. The Labute approximate surface area is 179 Å². The van der Waals surface area contributed by atoms with Gasteiger partial charge in [0.1, 0.15) is 4.70 Å². The summed E-state index contributed by atoms with van der Waals surface area (Å²) in [6.07, 6.45) is 4.25. The molecular weight excluding hydrogens is 396 g/mol. The van der Waals surface area contributed by atoms with Gasteiger partial charge in [-0.15, -0.1) is 11.3 Å². The van der Waals surface area contributed by atoms with Crippen molar-refractivity contribution in [3.8, 4) is 11.1 Å². The smallest absolute Gasteiger partial charge is 0.270 e. The molecule has 1 atom stereocenters. The maximum Gasteiger partial charge on any atom is 0.270 e. The van der Waals surface area contributed by atoms with Crippen molar-refractivity contribution in [2.75, 3.05) is 24.5 Å². The summed E-state index contributed by atoms with van der Waals surface area (Å²) in [5.41, 5.74) is 3.87. The highest BCUT2D eigenvalue weighted by atomic mass is 32.1. The van der Waals surface area contributed by atoms with Crippen molar-refractivity contribution in [1.82, 2.24) is 15.3 Å². The largest absolute Gasteiger partial charge is 0.356 e. The minimum absolute atomic E-state index is 0.0578. The number of aryl methyl sites for hydroxylation is 1. The molecule has 1 amide bonds. The average molecular weight is 423 g/mol. The maximum absolute atomic E-state index is 12.7. The van der Waals surface area contributed by atoms with Gasteiger partial charge in [-0.05, 0) is 44.1 Å². The van der Waals surface area contributed by atoms with Crippen molar-refractivity contribution in [1.29, 1.82) is 0 Å². The van der Waals surface area contributed by atoms with E-state index in [1.807, 2.05) is 5.38 Å². The minimum Gasteiger partial charge on any atom is -0.356 e. The van der Waals surface area contributed by atoms with Crippen molar-refractivity contribution in [2.24, 2.45) is 11.8 Å². The third-order valence-corrected chi connectivity index (χ3v) is 7.10. The molecule has 2 fully saturated rings. The number of hydrogen-bond donors (Lipinski definition) is 2. The Bertz CT molecular complexity index is 1130. The van der Waals surface area contributed by atoms with Crippen LogP contribution in [0.15, 0.2) is 34.4 Å². The van der Waals surface area contributed by atoms with Crippen LogP contribution in [0.4, 0.5) is 5.95 Å². The van der Waals surface area contributed by atoms with Crippen molar-refractivity contribution in [3.05, 3.63) is 45.6 Å². The quantitative estimate of drug-likeness (QED) is 0.657. The summed E-state index contributed by atoms with van der Waals surface area (Å²) in [5.74, 6) is 1.32. The summed E-state index contributed by atoms with van der Waals surface area (Å²) in [6, 6.07) is 8.28. The summed E-state index contributed by atoms with van der Waals surface area (Å²) in [7, 11) is 0. The van der Waals surface area contributed by atoms with Gasteiger partial charge in [0.15, 0.2) is 0 Å². The lowest BCUT2D eigenvalue weighted by Crippen LogP contribution is -2.44. The molecule has 3 aromatic rings. The second kappa shape index (κ2) is 7.87. The molecule has 2 aliphatic rings. The molecule has 156 valence electrons. The number of aromatic amines is 1. The summed E-state index contributed by atoms with van der Waals surface area (Å²) in [4.78, 5) is 35.2. The molecular formula is C23H26N4O2S. The summed E-state index contributed by atoms with van der Waals surface area (Å²) < 4.78 is 0.644. The number of carbonyl (C=O) groups excluding carboxylic acids is 1. The van der Waals surface area contributed by atoms with Gasteiger partial charge < -0.3 is 10.2 Å². The Morgan fingerprint density at radius 2 is 2.07 bits per heavy atom. The Morgan fingerprint density at radius 1 is 1.27 bits per heavy atom. The van der Waals surface area contributed by atoms with E-state index in [-0.39, 0.29) is 17.4 Å². The zero-order valence-electron chi connectivity index (χ0n) is 17.1. The Morgan fingerprint density at radius 3 is 2.83 bits per heavy atom. The van der Waals surface area contributed by atoms with Crippen LogP contribution in [0.1, 0.15) is 31.2 Å². The number of amides is 1. The minimum atomic E-state index is -0.112. The van der Waals surface area contributed by atoms with Gasteiger partial charge in [0.05, 0.1) is 11.4 Å². The van der Waals surface area contributed by atoms with Crippen LogP contribution in [0, 0.1) is 18.8 Å². The van der Waals surface area contributed by atoms with E-state index in [0.717, 1.165) is 42.6 Å². The van der Waals surface area contributed by atoms with E-state index in [0.29, 0.717) is 23.1 Å². The number of nitrogens with zero attached hydrogens (tertiary/aromatic N) is 2. The molecule has 0 unspecified atom stereocenters. The highest BCUT2D eigenvalue weighted by Crippen LogP contribution is 2.32. The SMILES string of the molecule is Cc1ccc(-c2csc3c(=O)[nH]c(N4CCC[C@H](C(=O)NCC5CC5)C4)nc23)cc1. The second-order valence-corrected chi connectivity index (χ2v) is 9.44. The van der Waals surface area contributed by atoms with Crippen LogP contribution in [-0.4, -0.2) is 35.5 Å². The second-order valence-electron chi connectivity index (χ2n) is 8.56. The van der Waals surface area contributed by atoms with Gasteiger partial charge in [-0.25, -0.2) is 4.98 Å². The molecule has 7 heteroatoms. The lowest BCUT2D eigenvalue weighted by molar-refractivity contribution is -0.125. The van der Waals surface area contributed by atoms with Crippen LogP contribution in [0.5, 0.6) is 0 Å². The molecule has 0 bridgehead atoms. The zero-order valence-corrected chi connectivity index (χ0v) is 17.9. The first-order valence-electron chi connectivity index (χ1n) is 10.7. The topological polar surface area (TPSA) is 78.1 Å². The zero-order chi connectivity index (χ0) is 20.7. The number of benzene rings is 1. The number of rotatable bonds is 5. The molecule has 1 aliphatic carbocycles. The van der Waals surface area contributed by atoms with E-state index in [1.165, 1.54) is 29.7 Å². The number of piperidine rings is 1. The van der Waals surface area contributed by atoms with Crippen LogP contribution in [-0.2, 0) is 4.79 Å². The van der Waals surface area contributed by atoms with Crippen molar-refractivity contribution in [2.45, 2.75) is 32.6 Å². The number of thiophene rings is 1. The fraction of sp³-hybridized carbons (Fsp3) is 0.435. The Balaban J connectivity index is 1.42. The molecule has 1 aliphatic heterocycles. The van der Waals surface area contributed by atoms with Gasteiger partial charge in [-0.2, -0.15) is 0 Å². The number of anilines is 1. The number of H-pyrrole nitrogens is 1. The lowest BCUT2D eigenvalue weighted by Gasteiger charge is -2.32. The van der Waals surface area contributed by atoms with Crippen molar-refractivity contribution < 1.29 is 4.79 Å². The number of carbonyl (C=O) groups is 1. The fourth-order valence-corrected chi connectivity index (χ4v) is 5.01. The lowest BCUT2D eigenvalue weighted by atomic mass is 9.97. The normalized spacial score (nSPS) is 19.2. The first-order valence-corrected chi connectivity index (χ1v) is 11.6. The molecule has 3 heterocycles. The van der Waals surface area contributed by atoms with Gasteiger partial charge in [-0.3, -0.25) is 14.6 Å². The number of hydrogen-bond acceptors (Lipinski definition) is 5. The summed E-state index contributed by atoms with van der Waals surface area (Å²) in [6.45, 7) is 4.25. The van der Waals surface area contributed by atoms with E-state index in [2.05, 4.69) is 46.4 Å². The van der Waals surface area contributed by atoms with Crippen LogP contribution in [0.25, 0.3) is 21.3 Å². The molecule has 1 aromatic carbocycles. The number of aromatic nitrogens is 2. The van der Waals surface area contributed by atoms with Gasteiger partial charge in [0.2, 0.25) is 11.9 Å². The molecule has 0 radical (unpaired) electrons. The predicted octanol–water partition coefficient (Wildman–Crippen LogP) is 3.70. The molecule has 2 aromatic heterocycles. The predicted molar refractivity (Wildman–Crippen MR) is 121 cm³/mol.